The van der Waals surface area contributed by atoms with Gasteiger partial charge in [-0.2, -0.15) is 5.10 Å². The van der Waals surface area contributed by atoms with Crippen molar-refractivity contribution in [3.63, 3.8) is 0 Å². The van der Waals surface area contributed by atoms with E-state index < -0.39 is 35.6 Å². The summed E-state index contributed by atoms with van der Waals surface area (Å²) < 4.78 is 13.3. The van der Waals surface area contributed by atoms with Crippen molar-refractivity contribution in [1.29, 1.82) is 0 Å². The summed E-state index contributed by atoms with van der Waals surface area (Å²) in [4.78, 5) is 78.4. The van der Waals surface area contributed by atoms with Crippen molar-refractivity contribution in [2.45, 2.75) is 84.2 Å². The third kappa shape index (κ3) is 7.20. The quantitative estimate of drug-likeness (QED) is 0.0624. The second kappa shape index (κ2) is 15.8. The first-order valence-electron chi connectivity index (χ1n) is 20.6. The average molecular weight is 828 g/mol. The molecule has 1 saturated carbocycles. The number of nitrogens with one attached hydrogen (secondary N) is 5. The minimum atomic E-state index is -1.03. The number of anilines is 3. The number of amides is 5. The number of methoxy groups -OCH3 is 1. The Hall–Kier alpha value is -7.11. The Balaban J connectivity index is 0.891. The maximum absolute atomic E-state index is 13.7. The fourth-order valence-corrected chi connectivity index (χ4v) is 8.32. The van der Waals surface area contributed by atoms with Crippen LogP contribution in [0.15, 0.2) is 40.9 Å². The van der Waals surface area contributed by atoms with Gasteiger partial charge in [-0.3, -0.25) is 34.2 Å². The molecule has 0 radical (unpaired) electrons. The van der Waals surface area contributed by atoms with Gasteiger partial charge >= 0.3 is 0 Å². The summed E-state index contributed by atoms with van der Waals surface area (Å²) in [6.07, 6.45) is 4.47. The number of aromatic amines is 1. The molecule has 6 heterocycles. The number of hydrogen-bond donors (Lipinski definition) is 5. The maximum Gasteiger partial charge on any atom is 0.289 e. The van der Waals surface area contributed by atoms with Gasteiger partial charge in [-0.15, -0.1) is 0 Å². The highest BCUT2D eigenvalue weighted by Crippen LogP contribution is 2.43. The van der Waals surface area contributed by atoms with Crippen LogP contribution < -0.4 is 26.0 Å². The minimum Gasteiger partial charge on any atom is -0.496 e. The molecular formula is C43H45N11O7. The lowest BCUT2D eigenvalue weighted by Gasteiger charge is -2.27. The predicted octanol–water partition coefficient (Wildman–Crippen LogP) is 5.64. The molecule has 5 amide bonds. The molecule has 1 atom stereocenters. The van der Waals surface area contributed by atoms with Crippen LogP contribution in [0.1, 0.15) is 106 Å². The van der Waals surface area contributed by atoms with Gasteiger partial charge < -0.3 is 30.2 Å². The van der Waals surface area contributed by atoms with Crippen molar-refractivity contribution < 1.29 is 33.2 Å². The predicted molar refractivity (Wildman–Crippen MR) is 224 cm³/mol. The summed E-state index contributed by atoms with van der Waals surface area (Å²) >= 11 is 0. The van der Waals surface area contributed by atoms with Gasteiger partial charge in [-0.05, 0) is 83.6 Å². The Morgan fingerprint density at radius 1 is 0.967 bits per heavy atom. The molecule has 1 aliphatic carbocycles. The fraction of sp³-hybridized carbons (Fsp3) is 0.372. The highest BCUT2D eigenvalue weighted by Gasteiger charge is 2.45. The topological polar surface area (TPSA) is 231 Å². The molecule has 2 fully saturated rings. The first-order chi connectivity index (χ1) is 29.5. The molecule has 1 saturated heterocycles. The first-order valence-corrected chi connectivity index (χ1v) is 20.6. The minimum absolute atomic E-state index is 0.00499. The monoisotopic (exact) mass is 827 g/mol. The van der Waals surface area contributed by atoms with Gasteiger partial charge in [0.05, 0.1) is 40.6 Å². The van der Waals surface area contributed by atoms with Gasteiger partial charge in [-0.1, -0.05) is 11.2 Å². The summed E-state index contributed by atoms with van der Waals surface area (Å²) in [5.74, 6) is 0.317. The van der Waals surface area contributed by atoms with Crippen molar-refractivity contribution in [1.82, 2.24) is 45.4 Å². The van der Waals surface area contributed by atoms with Crippen LogP contribution in [0.2, 0.25) is 0 Å². The second-order valence-electron chi connectivity index (χ2n) is 15.6. The van der Waals surface area contributed by atoms with E-state index in [1.807, 2.05) is 43.7 Å². The molecule has 61 heavy (non-hydrogen) atoms. The van der Waals surface area contributed by atoms with Gasteiger partial charge in [0.25, 0.3) is 17.7 Å². The largest absolute Gasteiger partial charge is 0.496 e. The van der Waals surface area contributed by atoms with Crippen molar-refractivity contribution in [3.8, 4) is 16.9 Å². The van der Waals surface area contributed by atoms with Crippen LogP contribution in [0.5, 0.6) is 5.75 Å². The molecular weight excluding hydrogens is 783 g/mol. The molecule has 18 nitrogen and oxygen atoms in total. The van der Waals surface area contributed by atoms with Crippen LogP contribution in [0.3, 0.4) is 0 Å². The smallest absolute Gasteiger partial charge is 0.289 e. The van der Waals surface area contributed by atoms with Gasteiger partial charge in [0.2, 0.25) is 17.6 Å². The van der Waals surface area contributed by atoms with Crippen LogP contribution in [-0.4, -0.2) is 90.6 Å². The van der Waals surface area contributed by atoms with Crippen molar-refractivity contribution in [3.05, 3.63) is 70.5 Å². The molecule has 18 heteroatoms. The van der Waals surface area contributed by atoms with Crippen molar-refractivity contribution in [2.75, 3.05) is 30.8 Å². The number of hydrogen-bond acceptors (Lipinski definition) is 13. The van der Waals surface area contributed by atoms with Gasteiger partial charge in [0.1, 0.15) is 34.8 Å². The van der Waals surface area contributed by atoms with E-state index in [9.17, 15) is 24.0 Å². The van der Waals surface area contributed by atoms with E-state index in [1.54, 1.807) is 25.3 Å². The van der Waals surface area contributed by atoms with Crippen molar-refractivity contribution in [2.24, 2.45) is 0 Å². The summed E-state index contributed by atoms with van der Waals surface area (Å²) in [7, 11) is 1.62. The Morgan fingerprint density at radius 2 is 1.79 bits per heavy atom. The Morgan fingerprint density at radius 3 is 2.52 bits per heavy atom. The Labute approximate surface area is 349 Å². The van der Waals surface area contributed by atoms with Crippen LogP contribution >= 0.6 is 0 Å². The molecule has 9 rings (SSSR count). The molecule has 2 aromatic carbocycles. The number of piperidine rings is 1. The molecule has 2 aliphatic heterocycles. The summed E-state index contributed by atoms with van der Waals surface area (Å²) in [6, 6.07) is 9.90. The Kier molecular flexibility index (Phi) is 10.2. The third-order valence-corrected chi connectivity index (χ3v) is 11.5. The average Bonchev–Trinajstić information content (AvgIpc) is 3.69. The highest BCUT2D eigenvalue weighted by molar-refractivity contribution is 6.25. The number of imide groups is 2. The number of aryl methyl sites for hydroxylation is 3. The molecule has 5 N–H and O–H groups in total. The van der Waals surface area contributed by atoms with Crippen LogP contribution in [-0.2, 0) is 16.1 Å². The lowest BCUT2D eigenvalue weighted by Crippen LogP contribution is -2.54. The van der Waals surface area contributed by atoms with Crippen LogP contribution in [0, 0.1) is 13.8 Å². The Bertz CT molecular complexity index is 2760. The van der Waals surface area contributed by atoms with E-state index in [0.717, 1.165) is 63.4 Å². The van der Waals surface area contributed by atoms with E-state index in [2.05, 4.69) is 31.4 Å². The van der Waals surface area contributed by atoms with E-state index in [1.165, 1.54) is 0 Å². The van der Waals surface area contributed by atoms with E-state index in [0.29, 0.717) is 72.4 Å². The van der Waals surface area contributed by atoms with Crippen LogP contribution in [0.4, 0.5) is 17.3 Å². The maximum atomic E-state index is 13.7. The highest BCUT2D eigenvalue weighted by atomic mass is 16.5. The first kappa shape index (κ1) is 39.4. The number of carbonyl (C=O) groups excluding carboxylic acids is 5. The number of benzene rings is 2. The zero-order chi connectivity index (χ0) is 42.5. The van der Waals surface area contributed by atoms with Gasteiger partial charge in [-0.25, -0.2) is 14.6 Å². The van der Waals surface area contributed by atoms with E-state index >= 15 is 0 Å². The standard InChI is InChI=1S/C43H45N11O7/c1-5-53-32(20-28(51-53)23-12-13-23)47-38-36-25-19-31(60-4)26(34-21(2)52-61-22(34)3)18-29(25)46-37(36)49-39(50-38)41(57)45-17-8-6-7-16-44-27-11-9-10-24-35(27)43(59)54(42(24)58)30-14-15-33(55)48-40(30)56/h9-11,18-20,23,30,44H,5-8,12-17H2,1-4H3,(H,45,57)(H,48,55,56)(H2,46,47,49,50). The summed E-state index contributed by atoms with van der Waals surface area (Å²) in [6.45, 7) is 7.28. The number of rotatable bonds is 15. The zero-order valence-corrected chi connectivity index (χ0v) is 34.2. The van der Waals surface area contributed by atoms with Crippen molar-refractivity contribution >= 4 is 68.8 Å². The number of aromatic nitrogens is 6. The van der Waals surface area contributed by atoms with E-state index in [4.69, 9.17) is 24.3 Å². The number of carbonyl (C=O) groups is 5. The summed E-state index contributed by atoms with van der Waals surface area (Å²) in [5.41, 5.74) is 5.57. The lowest BCUT2D eigenvalue weighted by molar-refractivity contribution is -0.136. The lowest BCUT2D eigenvalue weighted by atomic mass is 10.0. The number of H-pyrrole nitrogens is 1. The number of ether oxygens (including phenoxy) is 1. The number of fused-ring (bicyclic) bond motifs is 4. The second-order valence-corrected chi connectivity index (χ2v) is 15.6. The molecule has 1 unspecified atom stereocenters. The molecule has 4 aromatic heterocycles. The number of nitrogens with zero attached hydrogens (tertiary/aromatic N) is 6. The molecule has 6 aromatic rings. The molecule has 3 aliphatic rings. The molecule has 0 spiro atoms. The van der Waals surface area contributed by atoms with Crippen LogP contribution in [0.25, 0.3) is 33.1 Å². The fourth-order valence-electron chi connectivity index (χ4n) is 8.32. The van der Waals surface area contributed by atoms with E-state index in [-0.39, 0.29) is 29.8 Å². The SMILES string of the molecule is CCn1nc(C2CC2)cc1Nc1nc(C(=O)NCCCCCNc2cccc3c2C(=O)N(C2CCC(=O)NC2=O)C3=O)nc2[nH]c3cc(-c4c(C)noc4C)c(OC)cc3c12. The molecule has 0 bridgehead atoms. The van der Waals surface area contributed by atoms with Gasteiger partial charge in [0.15, 0.2) is 0 Å². The third-order valence-electron chi connectivity index (χ3n) is 11.5. The zero-order valence-electron chi connectivity index (χ0n) is 34.2. The van der Waals surface area contributed by atoms with Gasteiger partial charge in [0, 0.05) is 60.2 Å². The summed E-state index contributed by atoms with van der Waals surface area (Å²) in [5, 5.41) is 22.4. The number of unbranched alkanes of at least 4 members (excludes halogenated alkanes) is 2. The normalized spacial score (nSPS) is 16.4. The molecule has 314 valence electrons.